The van der Waals surface area contributed by atoms with E-state index in [1.165, 1.54) is 12.3 Å². The maximum atomic E-state index is 13.0. The molecule has 0 bridgehead atoms. The molecule has 1 heterocycles. The predicted molar refractivity (Wildman–Crippen MR) is 66.4 cm³/mol. The van der Waals surface area contributed by atoms with Gasteiger partial charge in [-0.3, -0.25) is 9.71 Å². The third-order valence-corrected chi connectivity index (χ3v) is 3.99. The number of pyridine rings is 1. The van der Waals surface area contributed by atoms with Crippen molar-refractivity contribution < 1.29 is 17.2 Å². The van der Waals surface area contributed by atoms with Crippen LogP contribution in [-0.2, 0) is 10.0 Å². The topological polar surface area (TPSA) is 59.1 Å². The van der Waals surface area contributed by atoms with Crippen molar-refractivity contribution in [2.45, 2.75) is 4.90 Å². The van der Waals surface area contributed by atoms with Gasteiger partial charge >= 0.3 is 0 Å². The first kappa shape index (κ1) is 13.7. The second kappa shape index (κ2) is 5.10. The van der Waals surface area contributed by atoms with Crippen molar-refractivity contribution in [3.63, 3.8) is 0 Å². The summed E-state index contributed by atoms with van der Waals surface area (Å²) in [6.07, 6.45) is 2.36. The average Bonchev–Trinajstić information content (AvgIpc) is 2.26. The number of halogens is 3. The lowest BCUT2D eigenvalue weighted by Crippen LogP contribution is -2.14. The van der Waals surface area contributed by atoms with E-state index in [2.05, 4.69) is 4.98 Å². The van der Waals surface area contributed by atoms with Gasteiger partial charge in [0.15, 0.2) is 0 Å². The molecule has 0 amide bonds. The van der Waals surface area contributed by atoms with E-state index in [0.29, 0.717) is 6.07 Å². The van der Waals surface area contributed by atoms with Crippen LogP contribution in [0.5, 0.6) is 0 Å². The van der Waals surface area contributed by atoms with Gasteiger partial charge in [0.2, 0.25) is 0 Å². The summed E-state index contributed by atoms with van der Waals surface area (Å²) in [6, 6.07) is 3.63. The first-order valence-electron chi connectivity index (χ1n) is 4.97. The standard InChI is InChI=1S/C11H7ClF2N2O2S/c12-10-1-2-15-6-11(10)19(17,18)16-9-4-7(13)3-8(14)5-9/h1-6,16H. The van der Waals surface area contributed by atoms with Gasteiger partial charge in [0.05, 0.1) is 10.7 Å². The molecule has 2 rings (SSSR count). The summed E-state index contributed by atoms with van der Waals surface area (Å²) in [6.45, 7) is 0. The zero-order chi connectivity index (χ0) is 14.0. The molecule has 1 aromatic carbocycles. The maximum absolute atomic E-state index is 13.0. The summed E-state index contributed by atoms with van der Waals surface area (Å²) in [4.78, 5) is 3.36. The van der Waals surface area contributed by atoms with Crippen molar-refractivity contribution in [3.05, 3.63) is 53.3 Å². The first-order chi connectivity index (χ1) is 8.88. The first-order valence-corrected chi connectivity index (χ1v) is 6.83. The Morgan fingerprint density at radius 1 is 1.16 bits per heavy atom. The summed E-state index contributed by atoms with van der Waals surface area (Å²) in [7, 11) is -4.06. The number of aromatic nitrogens is 1. The second-order valence-electron chi connectivity index (χ2n) is 3.57. The van der Waals surface area contributed by atoms with Crippen LogP contribution in [0.1, 0.15) is 0 Å². The van der Waals surface area contributed by atoms with E-state index < -0.39 is 21.7 Å². The fourth-order valence-corrected chi connectivity index (χ4v) is 2.86. The molecule has 0 aliphatic heterocycles. The zero-order valence-corrected chi connectivity index (χ0v) is 10.8. The summed E-state index contributed by atoms with van der Waals surface area (Å²) < 4.78 is 51.9. The number of rotatable bonds is 3. The van der Waals surface area contributed by atoms with Crippen LogP contribution >= 0.6 is 11.6 Å². The van der Waals surface area contributed by atoms with E-state index >= 15 is 0 Å². The minimum absolute atomic E-state index is 0.0422. The number of nitrogens with zero attached hydrogens (tertiary/aromatic N) is 1. The Labute approximate surface area is 113 Å². The van der Waals surface area contributed by atoms with Crippen LogP contribution in [-0.4, -0.2) is 13.4 Å². The molecule has 4 nitrogen and oxygen atoms in total. The fourth-order valence-electron chi connectivity index (χ4n) is 1.38. The van der Waals surface area contributed by atoms with Crippen molar-refractivity contribution >= 4 is 27.3 Å². The molecule has 0 saturated carbocycles. The van der Waals surface area contributed by atoms with E-state index in [0.717, 1.165) is 18.3 Å². The van der Waals surface area contributed by atoms with Gasteiger partial charge in [0.25, 0.3) is 10.0 Å². The normalized spacial score (nSPS) is 11.3. The lowest BCUT2D eigenvalue weighted by atomic mass is 10.3. The van der Waals surface area contributed by atoms with Crippen LogP contribution in [0.3, 0.4) is 0 Å². The van der Waals surface area contributed by atoms with Crippen molar-refractivity contribution in [2.75, 3.05) is 4.72 Å². The maximum Gasteiger partial charge on any atom is 0.264 e. The van der Waals surface area contributed by atoms with Gasteiger partial charge in [-0.1, -0.05) is 11.6 Å². The Hall–Kier alpha value is -1.73. The van der Waals surface area contributed by atoms with Crippen LogP contribution in [0.4, 0.5) is 14.5 Å². The fraction of sp³-hybridized carbons (Fsp3) is 0. The highest BCUT2D eigenvalue weighted by molar-refractivity contribution is 7.92. The Bertz CT molecular complexity index is 702. The molecule has 8 heteroatoms. The molecule has 0 unspecified atom stereocenters. The number of anilines is 1. The van der Waals surface area contributed by atoms with Gasteiger partial charge in [-0.15, -0.1) is 0 Å². The highest BCUT2D eigenvalue weighted by Crippen LogP contribution is 2.23. The Morgan fingerprint density at radius 3 is 2.37 bits per heavy atom. The van der Waals surface area contributed by atoms with E-state index in [9.17, 15) is 17.2 Å². The smallest absolute Gasteiger partial charge is 0.264 e. The molecular formula is C11H7ClF2N2O2S. The minimum atomic E-state index is -4.06. The van der Waals surface area contributed by atoms with Crippen molar-refractivity contribution in [1.82, 2.24) is 4.98 Å². The Balaban J connectivity index is 2.39. The molecule has 0 saturated heterocycles. The summed E-state index contributed by atoms with van der Waals surface area (Å²) >= 11 is 5.73. The molecule has 100 valence electrons. The lowest BCUT2D eigenvalue weighted by molar-refractivity contribution is 0.584. The van der Waals surface area contributed by atoms with Crippen LogP contribution in [0.25, 0.3) is 0 Å². The molecule has 19 heavy (non-hydrogen) atoms. The largest absolute Gasteiger partial charge is 0.279 e. The van der Waals surface area contributed by atoms with Crippen LogP contribution in [0.2, 0.25) is 5.02 Å². The third-order valence-electron chi connectivity index (χ3n) is 2.14. The quantitative estimate of drug-likeness (QED) is 0.948. The number of nitrogens with one attached hydrogen (secondary N) is 1. The van der Waals surface area contributed by atoms with Crippen molar-refractivity contribution in [1.29, 1.82) is 0 Å². The van der Waals surface area contributed by atoms with Gasteiger partial charge in [-0.05, 0) is 18.2 Å². The molecule has 2 aromatic rings. The molecule has 0 radical (unpaired) electrons. The lowest BCUT2D eigenvalue weighted by Gasteiger charge is -2.09. The molecule has 0 atom stereocenters. The highest BCUT2D eigenvalue weighted by Gasteiger charge is 2.18. The van der Waals surface area contributed by atoms with E-state index in [4.69, 9.17) is 11.6 Å². The number of benzene rings is 1. The Morgan fingerprint density at radius 2 is 1.79 bits per heavy atom. The number of sulfonamides is 1. The average molecular weight is 305 g/mol. The van der Waals surface area contributed by atoms with E-state index in [-0.39, 0.29) is 15.6 Å². The molecule has 0 aliphatic carbocycles. The highest BCUT2D eigenvalue weighted by atomic mass is 35.5. The van der Waals surface area contributed by atoms with Crippen LogP contribution in [0.15, 0.2) is 41.6 Å². The SMILES string of the molecule is O=S(=O)(Nc1cc(F)cc(F)c1)c1cnccc1Cl. The van der Waals surface area contributed by atoms with Gasteiger partial charge in [-0.25, -0.2) is 17.2 Å². The second-order valence-corrected chi connectivity index (χ2v) is 5.63. The molecule has 1 aromatic heterocycles. The van der Waals surface area contributed by atoms with Gasteiger partial charge in [0, 0.05) is 18.5 Å². The molecule has 1 N–H and O–H groups in total. The molecular weight excluding hydrogens is 298 g/mol. The van der Waals surface area contributed by atoms with Crippen LogP contribution in [0, 0.1) is 11.6 Å². The van der Waals surface area contributed by atoms with E-state index in [1.54, 1.807) is 0 Å². The monoisotopic (exact) mass is 304 g/mol. The molecule has 0 aliphatic rings. The summed E-state index contributed by atoms with van der Waals surface area (Å²) in [5, 5.41) is -0.0422. The third kappa shape index (κ3) is 3.18. The van der Waals surface area contributed by atoms with Gasteiger partial charge in [-0.2, -0.15) is 0 Å². The Kier molecular flexibility index (Phi) is 3.68. The van der Waals surface area contributed by atoms with Crippen molar-refractivity contribution in [2.24, 2.45) is 0 Å². The molecule has 0 spiro atoms. The zero-order valence-electron chi connectivity index (χ0n) is 9.27. The minimum Gasteiger partial charge on any atom is -0.279 e. The van der Waals surface area contributed by atoms with Crippen LogP contribution < -0.4 is 4.72 Å². The van der Waals surface area contributed by atoms with Crippen molar-refractivity contribution in [3.8, 4) is 0 Å². The van der Waals surface area contributed by atoms with Gasteiger partial charge in [0.1, 0.15) is 16.5 Å². The molecule has 0 fully saturated rings. The van der Waals surface area contributed by atoms with E-state index in [1.807, 2.05) is 4.72 Å². The summed E-state index contributed by atoms with van der Waals surface area (Å²) in [5.41, 5.74) is -0.239. The number of hydrogen-bond acceptors (Lipinski definition) is 3. The van der Waals surface area contributed by atoms with Gasteiger partial charge < -0.3 is 0 Å². The number of hydrogen-bond donors (Lipinski definition) is 1. The predicted octanol–water partition coefficient (Wildman–Crippen LogP) is 2.81. The summed E-state index contributed by atoms with van der Waals surface area (Å²) in [5.74, 6) is -1.79.